The molecule has 0 amide bonds. The van der Waals surface area contributed by atoms with Crippen molar-refractivity contribution in [3.05, 3.63) is 25.6 Å². The van der Waals surface area contributed by atoms with E-state index in [1.165, 1.54) is 4.57 Å². The van der Waals surface area contributed by atoms with Crippen LogP contribution in [-0.4, -0.2) is 59.8 Å². The second-order valence-electron chi connectivity index (χ2n) is 4.59. The Morgan fingerprint density at radius 2 is 2.00 bits per heavy atom. The summed E-state index contributed by atoms with van der Waals surface area (Å²) < 4.78 is 6.71. The Balaban J connectivity index is 2.19. The van der Waals surface area contributed by atoms with E-state index in [0.717, 1.165) is 0 Å². The van der Waals surface area contributed by atoms with E-state index >= 15 is 0 Å². The van der Waals surface area contributed by atoms with Crippen molar-refractivity contribution in [3.8, 4) is 0 Å². The fourth-order valence-electron chi connectivity index (χ4n) is 2.31. The minimum Gasteiger partial charge on any atom is -0.394 e. The third-order valence-electron chi connectivity index (χ3n) is 3.31. The topological polar surface area (TPSA) is 153 Å². The highest BCUT2D eigenvalue weighted by molar-refractivity contribution is 9.10. The van der Waals surface area contributed by atoms with Gasteiger partial charge in [0.15, 0.2) is 22.1 Å². The first-order chi connectivity index (χ1) is 9.93. The van der Waals surface area contributed by atoms with Crippen molar-refractivity contribution in [3.63, 3.8) is 0 Å². The SMILES string of the molecule is O=c1[nH]c(=O)c2nc(Br)n([C@@H]3O[C@H](CO)[C@@H](O)[C@@H]3O)c2[nH]1. The third-order valence-corrected chi connectivity index (χ3v) is 3.87. The number of fused-ring (bicyclic) bond motifs is 1. The van der Waals surface area contributed by atoms with Crippen LogP contribution in [0.3, 0.4) is 0 Å². The second-order valence-corrected chi connectivity index (χ2v) is 5.29. The predicted octanol–water partition coefficient (Wildman–Crippen LogP) is -2.21. The molecule has 3 rings (SSSR count). The molecule has 0 aliphatic carbocycles. The molecule has 2 aromatic heterocycles. The van der Waals surface area contributed by atoms with Crippen LogP contribution in [-0.2, 0) is 4.74 Å². The molecule has 0 bridgehead atoms. The maximum Gasteiger partial charge on any atom is 0.327 e. The standard InChI is InChI=1S/C10H11BrN4O6/c11-9-12-3-6(13-10(20)14-7(3)19)15(9)8-5(18)4(17)2(1-16)21-8/h2,4-5,8,16-18H,1H2,(H2,13,14,19,20)/t2-,4-,5+,8-/m1/s1. The summed E-state index contributed by atoms with van der Waals surface area (Å²) >= 11 is 3.11. The number of aromatic nitrogens is 4. The molecule has 11 heteroatoms. The molecule has 114 valence electrons. The third kappa shape index (κ3) is 2.13. The lowest BCUT2D eigenvalue weighted by molar-refractivity contribution is -0.0521. The average molecular weight is 363 g/mol. The number of aliphatic hydroxyl groups excluding tert-OH is 3. The fraction of sp³-hybridized carbons (Fsp3) is 0.500. The molecule has 10 nitrogen and oxygen atoms in total. The van der Waals surface area contributed by atoms with Crippen molar-refractivity contribution in [2.75, 3.05) is 6.61 Å². The number of rotatable bonds is 2. The molecule has 0 spiro atoms. The van der Waals surface area contributed by atoms with Gasteiger partial charge in [0.25, 0.3) is 5.56 Å². The van der Waals surface area contributed by atoms with Crippen LogP contribution in [0.25, 0.3) is 11.2 Å². The summed E-state index contributed by atoms with van der Waals surface area (Å²) in [6, 6.07) is 0. The number of nitrogens with one attached hydrogen (secondary N) is 2. The molecule has 1 saturated heterocycles. The molecular weight excluding hydrogens is 352 g/mol. The van der Waals surface area contributed by atoms with E-state index in [-0.39, 0.29) is 15.9 Å². The number of hydrogen-bond donors (Lipinski definition) is 5. The molecule has 3 heterocycles. The van der Waals surface area contributed by atoms with Gasteiger partial charge in [0.2, 0.25) is 0 Å². The van der Waals surface area contributed by atoms with Gasteiger partial charge in [-0.25, -0.2) is 9.78 Å². The van der Waals surface area contributed by atoms with Crippen molar-refractivity contribution in [1.29, 1.82) is 0 Å². The first-order valence-corrected chi connectivity index (χ1v) is 6.76. The number of aliphatic hydroxyl groups is 3. The first-order valence-electron chi connectivity index (χ1n) is 5.96. The van der Waals surface area contributed by atoms with Crippen LogP contribution in [0.4, 0.5) is 0 Å². The zero-order valence-corrected chi connectivity index (χ0v) is 11.9. The van der Waals surface area contributed by atoms with Crippen LogP contribution < -0.4 is 11.2 Å². The zero-order chi connectivity index (χ0) is 15.3. The number of halogens is 1. The number of nitrogens with zero attached hydrogens (tertiary/aromatic N) is 2. The van der Waals surface area contributed by atoms with Gasteiger partial charge in [0.05, 0.1) is 6.61 Å². The maximum atomic E-state index is 11.7. The molecule has 1 fully saturated rings. The van der Waals surface area contributed by atoms with E-state index in [0.29, 0.717) is 0 Å². The van der Waals surface area contributed by atoms with Crippen molar-refractivity contribution < 1.29 is 20.1 Å². The molecule has 1 aliphatic rings. The molecule has 0 saturated carbocycles. The summed E-state index contributed by atoms with van der Waals surface area (Å²) in [5.74, 6) is 0. The van der Waals surface area contributed by atoms with Gasteiger partial charge >= 0.3 is 5.69 Å². The largest absolute Gasteiger partial charge is 0.394 e. The molecule has 4 atom stereocenters. The van der Waals surface area contributed by atoms with Crippen LogP contribution in [0, 0.1) is 0 Å². The predicted molar refractivity (Wildman–Crippen MR) is 71.7 cm³/mol. The highest BCUT2D eigenvalue weighted by atomic mass is 79.9. The van der Waals surface area contributed by atoms with Crippen molar-refractivity contribution in [2.45, 2.75) is 24.5 Å². The number of ether oxygens (including phenoxy) is 1. The monoisotopic (exact) mass is 362 g/mol. The molecule has 0 radical (unpaired) electrons. The maximum absolute atomic E-state index is 11.7. The van der Waals surface area contributed by atoms with E-state index in [4.69, 9.17) is 9.84 Å². The van der Waals surface area contributed by atoms with Crippen LogP contribution in [0.1, 0.15) is 6.23 Å². The van der Waals surface area contributed by atoms with Crippen LogP contribution in [0.15, 0.2) is 14.3 Å². The Bertz CT molecular complexity index is 797. The number of hydrogen-bond acceptors (Lipinski definition) is 7. The quantitative estimate of drug-likeness (QED) is 0.379. The van der Waals surface area contributed by atoms with Gasteiger partial charge in [0, 0.05) is 0 Å². The lowest BCUT2D eigenvalue weighted by atomic mass is 10.1. The Kier molecular flexibility index (Phi) is 3.45. The fourth-order valence-corrected chi connectivity index (χ4v) is 2.87. The second kappa shape index (κ2) is 5.03. The van der Waals surface area contributed by atoms with E-state index in [2.05, 4.69) is 25.9 Å². The summed E-state index contributed by atoms with van der Waals surface area (Å²) in [5.41, 5.74) is -1.46. The van der Waals surface area contributed by atoms with Gasteiger partial charge < -0.3 is 20.1 Å². The molecule has 5 N–H and O–H groups in total. The molecule has 2 aromatic rings. The lowest BCUT2D eigenvalue weighted by Gasteiger charge is -2.17. The van der Waals surface area contributed by atoms with Crippen LogP contribution >= 0.6 is 15.9 Å². The summed E-state index contributed by atoms with van der Waals surface area (Å²) in [6.45, 7) is -0.490. The smallest absolute Gasteiger partial charge is 0.327 e. The highest BCUT2D eigenvalue weighted by Gasteiger charge is 2.44. The van der Waals surface area contributed by atoms with Crippen molar-refractivity contribution in [2.24, 2.45) is 0 Å². The number of aromatic amines is 2. The van der Waals surface area contributed by atoms with Gasteiger partial charge in [-0.1, -0.05) is 0 Å². The highest BCUT2D eigenvalue weighted by Crippen LogP contribution is 2.33. The molecule has 0 aromatic carbocycles. The van der Waals surface area contributed by atoms with Gasteiger partial charge in [-0.2, -0.15) is 0 Å². The van der Waals surface area contributed by atoms with Crippen molar-refractivity contribution >= 4 is 27.1 Å². The summed E-state index contributed by atoms with van der Waals surface area (Å²) in [4.78, 5) is 31.4. The van der Waals surface area contributed by atoms with Crippen molar-refractivity contribution in [1.82, 2.24) is 19.5 Å². The van der Waals surface area contributed by atoms with Crippen LogP contribution in [0.2, 0.25) is 0 Å². The number of H-pyrrole nitrogens is 2. The summed E-state index contributed by atoms with van der Waals surface area (Å²) in [7, 11) is 0. The Labute approximate surface area is 124 Å². The molecule has 1 aliphatic heterocycles. The zero-order valence-electron chi connectivity index (χ0n) is 10.4. The van der Waals surface area contributed by atoms with Gasteiger partial charge in [-0.05, 0) is 15.9 Å². The molecular formula is C10H11BrN4O6. The Hall–Kier alpha value is -1.53. The van der Waals surface area contributed by atoms with Gasteiger partial charge in [-0.15, -0.1) is 0 Å². The minimum atomic E-state index is -1.36. The summed E-state index contributed by atoms with van der Waals surface area (Å²) in [5, 5.41) is 28.9. The lowest BCUT2D eigenvalue weighted by Crippen LogP contribution is -2.33. The van der Waals surface area contributed by atoms with E-state index in [1.807, 2.05) is 4.98 Å². The summed E-state index contributed by atoms with van der Waals surface area (Å²) in [6.07, 6.45) is -4.77. The minimum absolute atomic E-state index is 0.0328. The molecule has 21 heavy (non-hydrogen) atoms. The van der Waals surface area contributed by atoms with E-state index in [1.54, 1.807) is 0 Å². The first kappa shape index (κ1) is 14.4. The average Bonchev–Trinajstić information content (AvgIpc) is 2.89. The Morgan fingerprint density at radius 3 is 2.62 bits per heavy atom. The van der Waals surface area contributed by atoms with E-state index < -0.39 is 42.4 Å². The molecule has 0 unspecified atom stereocenters. The van der Waals surface area contributed by atoms with Crippen LogP contribution in [0.5, 0.6) is 0 Å². The van der Waals surface area contributed by atoms with E-state index in [9.17, 15) is 19.8 Å². The number of imidazole rings is 1. The normalized spacial score (nSPS) is 29.3. The Morgan fingerprint density at radius 1 is 1.29 bits per heavy atom. The van der Waals surface area contributed by atoms with Gasteiger partial charge in [-0.3, -0.25) is 19.3 Å². The van der Waals surface area contributed by atoms with Gasteiger partial charge in [0.1, 0.15) is 18.3 Å².